The van der Waals surface area contributed by atoms with E-state index in [2.05, 4.69) is 11.9 Å². The second-order valence-electron chi connectivity index (χ2n) is 8.13. The van der Waals surface area contributed by atoms with E-state index in [4.69, 9.17) is 4.74 Å². The molecule has 5 heteroatoms. The lowest BCUT2D eigenvalue weighted by atomic mass is 9.96. The van der Waals surface area contributed by atoms with Crippen LogP contribution in [-0.4, -0.2) is 58.6 Å². The molecule has 1 aliphatic heterocycles. The largest absolute Gasteiger partial charge is 0.388 e. The minimum Gasteiger partial charge on any atom is -0.388 e. The standard InChI is InChI=1S/C22H43NO4/c1-3-4-5-6-7-8-9-10-11-12-13-14-15-23-18(2)16-20-22(26)21(25)19(24)17-27-20/h19-22,24-26H,3-17H2,1-2H3/t19-,20+,21+,22+/m1/s1. The Morgan fingerprint density at radius 2 is 1.33 bits per heavy atom. The van der Waals surface area contributed by atoms with Crippen LogP contribution in [0.2, 0.25) is 0 Å². The van der Waals surface area contributed by atoms with E-state index in [0.717, 1.165) is 18.7 Å². The molecule has 0 saturated carbocycles. The van der Waals surface area contributed by atoms with Crippen LogP contribution in [0, 0.1) is 0 Å². The van der Waals surface area contributed by atoms with Gasteiger partial charge in [-0.2, -0.15) is 0 Å². The van der Waals surface area contributed by atoms with E-state index in [-0.39, 0.29) is 6.61 Å². The van der Waals surface area contributed by atoms with Gasteiger partial charge in [-0.15, -0.1) is 0 Å². The Bertz CT molecular complexity index is 389. The highest BCUT2D eigenvalue weighted by atomic mass is 16.5. The van der Waals surface area contributed by atoms with Crippen LogP contribution in [0.1, 0.15) is 97.3 Å². The van der Waals surface area contributed by atoms with Crippen molar-refractivity contribution < 1.29 is 20.1 Å². The molecule has 0 spiro atoms. The number of aliphatic hydroxyl groups excluding tert-OH is 3. The number of aliphatic imine (C=N–C) groups is 1. The Morgan fingerprint density at radius 3 is 1.89 bits per heavy atom. The summed E-state index contributed by atoms with van der Waals surface area (Å²) in [6.45, 7) is 5.08. The Morgan fingerprint density at radius 1 is 0.815 bits per heavy atom. The predicted octanol–water partition coefficient (Wildman–Crippen LogP) is 4.02. The monoisotopic (exact) mass is 385 g/mol. The first-order valence-corrected chi connectivity index (χ1v) is 11.2. The molecule has 0 aromatic carbocycles. The molecule has 1 fully saturated rings. The molecule has 1 saturated heterocycles. The van der Waals surface area contributed by atoms with Gasteiger partial charge >= 0.3 is 0 Å². The van der Waals surface area contributed by atoms with E-state index >= 15 is 0 Å². The van der Waals surface area contributed by atoms with Crippen molar-refractivity contribution in [3.63, 3.8) is 0 Å². The molecule has 0 unspecified atom stereocenters. The zero-order valence-electron chi connectivity index (χ0n) is 17.6. The van der Waals surface area contributed by atoms with Crippen molar-refractivity contribution in [2.75, 3.05) is 13.2 Å². The first-order chi connectivity index (χ1) is 13.1. The average Bonchev–Trinajstić information content (AvgIpc) is 2.66. The highest BCUT2D eigenvalue weighted by molar-refractivity contribution is 5.82. The number of unbranched alkanes of at least 4 members (excludes halogenated alkanes) is 11. The molecule has 1 rings (SSSR count). The molecule has 0 aliphatic carbocycles. The Kier molecular flexibility index (Phi) is 14.0. The van der Waals surface area contributed by atoms with E-state index < -0.39 is 24.4 Å². The van der Waals surface area contributed by atoms with Gasteiger partial charge in [0, 0.05) is 18.7 Å². The van der Waals surface area contributed by atoms with Gasteiger partial charge in [0.25, 0.3) is 0 Å². The summed E-state index contributed by atoms with van der Waals surface area (Å²) in [5, 5.41) is 29.1. The maximum Gasteiger partial charge on any atom is 0.111 e. The van der Waals surface area contributed by atoms with Gasteiger partial charge in [-0.1, -0.05) is 77.6 Å². The lowest BCUT2D eigenvalue weighted by Gasteiger charge is -2.35. The molecule has 0 aromatic rings. The van der Waals surface area contributed by atoms with E-state index in [1.54, 1.807) is 0 Å². The average molecular weight is 386 g/mol. The predicted molar refractivity (Wildman–Crippen MR) is 111 cm³/mol. The molecular formula is C22H43NO4. The molecule has 1 aliphatic rings. The second kappa shape index (κ2) is 15.4. The van der Waals surface area contributed by atoms with Crippen molar-refractivity contribution in [2.24, 2.45) is 4.99 Å². The number of hydrogen-bond donors (Lipinski definition) is 3. The minimum absolute atomic E-state index is 0.0644. The van der Waals surface area contributed by atoms with Gasteiger partial charge in [0.1, 0.15) is 18.3 Å². The lowest BCUT2D eigenvalue weighted by Crippen LogP contribution is -2.53. The Labute approximate surface area is 166 Å². The topological polar surface area (TPSA) is 82.3 Å². The van der Waals surface area contributed by atoms with Crippen LogP contribution in [0.5, 0.6) is 0 Å². The first kappa shape index (κ1) is 24.5. The fourth-order valence-electron chi connectivity index (χ4n) is 3.62. The number of hydrogen-bond acceptors (Lipinski definition) is 5. The SMILES string of the molecule is CCCCCCCCCCCCCCN=C(C)C[C@@H]1OC[C@@H](O)[C@H](O)[C@H]1O. The van der Waals surface area contributed by atoms with Gasteiger partial charge < -0.3 is 20.1 Å². The molecule has 0 bridgehead atoms. The van der Waals surface area contributed by atoms with Crippen molar-refractivity contribution in [1.82, 2.24) is 0 Å². The lowest BCUT2D eigenvalue weighted by molar-refractivity contribution is -0.184. The van der Waals surface area contributed by atoms with Gasteiger partial charge in [0.05, 0.1) is 12.7 Å². The van der Waals surface area contributed by atoms with E-state index in [1.807, 2.05) is 6.92 Å². The van der Waals surface area contributed by atoms with Crippen LogP contribution >= 0.6 is 0 Å². The molecule has 0 amide bonds. The summed E-state index contributed by atoms with van der Waals surface area (Å²) >= 11 is 0. The van der Waals surface area contributed by atoms with Crippen LogP contribution in [-0.2, 0) is 4.74 Å². The van der Waals surface area contributed by atoms with Crippen LogP contribution in [0.25, 0.3) is 0 Å². The maximum absolute atomic E-state index is 9.95. The molecule has 5 nitrogen and oxygen atoms in total. The molecule has 0 radical (unpaired) electrons. The summed E-state index contributed by atoms with van der Waals surface area (Å²) in [4.78, 5) is 4.56. The van der Waals surface area contributed by atoms with Crippen LogP contribution in [0.4, 0.5) is 0 Å². The summed E-state index contributed by atoms with van der Waals surface area (Å²) in [5.41, 5.74) is 0.936. The zero-order chi connectivity index (χ0) is 19.9. The fraction of sp³-hybridized carbons (Fsp3) is 0.955. The van der Waals surface area contributed by atoms with Gasteiger partial charge in [-0.3, -0.25) is 4.99 Å². The molecular weight excluding hydrogens is 342 g/mol. The summed E-state index contributed by atoms with van der Waals surface area (Å²) in [5.74, 6) is 0. The quantitative estimate of drug-likeness (QED) is 0.294. The Hall–Kier alpha value is -0.490. The van der Waals surface area contributed by atoms with Gasteiger partial charge in [0.15, 0.2) is 0 Å². The minimum atomic E-state index is -1.13. The third kappa shape index (κ3) is 11.2. The number of nitrogens with zero attached hydrogens (tertiary/aromatic N) is 1. The highest BCUT2D eigenvalue weighted by Gasteiger charge is 2.37. The molecule has 4 atom stereocenters. The highest BCUT2D eigenvalue weighted by Crippen LogP contribution is 2.18. The van der Waals surface area contributed by atoms with Gasteiger partial charge in [-0.25, -0.2) is 0 Å². The van der Waals surface area contributed by atoms with E-state index in [1.165, 1.54) is 70.6 Å². The molecule has 3 N–H and O–H groups in total. The van der Waals surface area contributed by atoms with Crippen molar-refractivity contribution in [1.29, 1.82) is 0 Å². The molecule has 27 heavy (non-hydrogen) atoms. The zero-order valence-corrected chi connectivity index (χ0v) is 17.6. The molecule has 160 valence electrons. The van der Waals surface area contributed by atoms with Crippen molar-refractivity contribution in [3.05, 3.63) is 0 Å². The third-order valence-electron chi connectivity index (χ3n) is 5.50. The van der Waals surface area contributed by atoms with Crippen LogP contribution < -0.4 is 0 Å². The number of aliphatic hydroxyl groups is 3. The van der Waals surface area contributed by atoms with Gasteiger partial charge in [-0.05, 0) is 13.3 Å². The number of ether oxygens (including phenoxy) is 1. The first-order valence-electron chi connectivity index (χ1n) is 11.2. The van der Waals surface area contributed by atoms with Gasteiger partial charge in [0.2, 0.25) is 0 Å². The smallest absolute Gasteiger partial charge is 0.111 e. The summed E-state index contributed by atoms with van der Waals surface area (Å²) in [7, 11) is 0. The van der Waals surface area contributed by atoms with Crippen molar-refractivity contribution in [2.45, 2.75) is 122 Å². The third-order valence-corrected chi connectivity index (χ3v) is 5.50. The van der Waals surface area contributed by atoms with Crippen molar-refractivity contribution in [3.8, 4) is 0 Å². The summed E-state index contributed by atoms with van der Waals surface area (Å²) < 4.78 is 5.42. The van der Waals surface area contributed by atoms with E-state index in [9.17, 15) is 15.3 Å². The summed E-state index contributed by atoms with van der Waals surface area (Å²) in [6, 6.07) is 0. The van der Waals surface area contributed by atoms with Crippen LogP contribution in [0.3, 0.4) is 0 Å². The molecule has 1 heterocycles. The maximum atomic E-state index is 9.95. The number of rotatable bonds is 15. The normalized spacial score (nSPS) is 26.5. The fourth-order valence-corrected chi connectivity index (χ4v) is 3.62. The second-order valence-corrected chi connectivity index (χ2v) is 8.13. The Balaban J connectivity index is 1.96. The molecule has 0 aromatic heterocycles. The van der Waals surface area contributed by atoms with Crippen LogP contribution in [0.15, 0.2) is 4.99 Å². The van der Waals surface area contributed by atoms with Crippen molar-refractivity contribution >= 4 is 5.71 Å². The summed E-state index contributed by atoms with van der Waals surface area (Å²) in [6.07, 6.45) is 12.9. The van der Waals surface area contributed by atoms with E-state index in [0.29, 0.717) is 6.42 Å².